The molecule has 0 aromatic heterocycles. The summed E-state index contributed by atoms with van der Waals surface area (Å²) in [6, 6.07) is 13.7. The molecule has 2 aromatic rings. The van der Waals surface area contributed by atoms with Crippen LogP contribution in [0.5, 0.6) is 5.75 Å². The van der Waals surface area contributed by atoms with Crippen LogP contribution in [0.1, 0.15) is 25.3 Å². The number of amides is 1. The van der Waals surface area contributed by atoms with Crippen LogP contribution in [0.25, 0.3) is 0 Å². The molecule has 8 heteroatoms. The lowest BCUT2D eigenvalue weighted by molar-refractivity contribution is -0.123. The number of halogens is 1. The van der Waals surface area contributed by atoms with Gasteiger partial charge >= 0.3 is 0 Å². The molecule has 0 saturated heterocycles. The second kappa shape index (κ2) is 10.3. The summed E-state index contributed by atoms with van der Waals surface area (Å²) in [4.78, 5) is 11.9. The quantitative estimate of drug-likeness (QED) is 0.589. The highest BCUT2D eigenvalue weighted by Gasteiger charge is 2.16. The van der Waals surface area contributed by atoms with Gasteiger partial charge in [0.25, 0.3) is 5.91 Å². The first-order valence-electron chi connectivity index (χ1n) is 8.65. The first kappa shape index (κ1) is 21.2. The van der Waals surface area contributed by atoms with Gasteiger partial charge in [0.15, 0.2) is 6.61 Å². The average molecular weight is 411 g/mol. The number of benzene rings is 2. The van der Waals surface area contributed by atoms with Gasteiger partial charge in [0.2, 0.25) is 10.0 Å². The van der Waals surface area contributed by atoms with E-state index in [0.717, 1.165) is 18.4 Å². The van der Waals surface area contributed by atoms with Gasteiger partial charge in [-0.2, -0.15) is 0 Å². The van der Waals surface area contributed by atoms with Crippen molar-refractivity contribution >= 4 is 27.5 Å². The van der Waals surface area contributed by atoms with Crippen molar-refractivity contribution in [2.75, 3.05) is 13.2 Å². The number of hydrogen-bond acceptors (Lipinski definition) is 4. The lowest BCUT2D eigenvalue weighted by Gasteiger charge is -2.11. The SMILES string of the molecule is CCCCNS(=O)(=O)c1ccc(OCC(=O)NCc2ccccc2)c(Cl)c1. The maximum absolute atomic E-state index is 12.2. The van der Waals surface area contributed by atoms with Gasteiger partial charge in [-0.1, -0.05) is 55.3 Å². The number of unbranched alkanes of at least 4 members (excludes halogenated alkanes) is 1. The number of ether oxygens (including phenoxy) is 1. The zero-order valence-corrected chi connectivity index (χ0v) is 16.6. The maximum atomic E-state index is 12.2. The van der Waals surface area contributed by atoms with Crippen LogP contribution in [0, 0.1) is 0 Å². The van der Waals surface area contributed by atoms with Crippen molar-refractivity contribution in [2.45, 2.75) is 31.2 Å². The second-order valence-electron chi connectivity index (χ2n) is 5.89. The number of hydrogen-bond donors (Lipinski definition) is 2. The van der Waals surface area contributed by atoms with E-state index in [9.17, 15) is 13.2 Å². The normalized spacial score (nSPS) is 11.2. The molecule has 0 fully saturated rings. The van der Waals surface area contributed by atoms with Crippen LogP contribution < -0.4 is 14.8 Å². The molecular formula is C19H23ClN2O4S. The van der Waals surface area contributed by atoms with Crippen LogP contribution in [0.4, 0.5) is 0 Å². The number of sulfonamides is 1. The Morgan fingerprint density at radius 2 is 1.89 bits per heavy atom. The zero-order valence-electron chi connectivity index (χ0n) is 15.1. The topological polar surface area (TPSA) is 84.5 Å². The zero-order chi connectivity index (χ0) is 19.7. The lowest BCUT2D eigenvalue weighted by Crippen LogP contribution is -2.28. The summed E-state index contributed by atoms with van der Waals surface area (Å²) >= 11 is 6.10. The van der Waals surface area contributed by atoms with Crippen molar-refractivity contribution in [1.82, 2.24) is 10.0 Å². The molecule has 0 bridgehead atoms. The van der Waals surface area contributed by atoms with Crippen LogP contribution >= 0.6 is 11.6 Å². The largest absolute Gasteiger partial charge is 0.482 e. The van der Waals surface area contributed by atoms with Gasteiger partial charge in [-0.3, -0.25) is 4.79 Å². The minimum Gasteiger partial charge on any atom is -0.482 e. The maximum Gasteiger partial charge on any atom is 0.258 e. The van der Waals surface area contributed by atoms with Gasteiger partial charge in [0.1, 0.15) is 5.75 Å². The standard InChI is InChI=1S/C19H23ClN2O4S/c1-2-3-11-22-27(24,25)16-9-10-18(17(20)12-16)26-14-19(23)21-13-15-7-5-4-6-8-15/h4-10,12,22H,2-3,11,13-14H2,1H3,(H,21,23). The Hall–Kier alpha value is -2.09. The van der Waals surface area contributed by atoms with E-state index in [4.69, 9.17) is 16.3 Å². The highest BCUT2D eigenvalue weighted by atomic mass is 35.5. The fourth-order valence-corrected chi connectivity index (χ4v) is 3.62. The first-order valence-corrected chi connectivity index (χ1v) is 10.5. The van der Waals surface area contributed by atoms with Crippen LogP contribution in [0.15, 0.2) is 53.4 Å². The molecule has 0 aliphatic rings. The average Bonchev–Trinajstić information content (AvgIpc) is 2.66. The summed E-state index contributed by atoms with van der Waals surface area (Å²) < 4.78 is 32.3. The highest BCUT2D eigenvalue weighted by Crippen LogP contribution is 2.27. The lowest BCUT2D eigenvalue weighted by atomic mass is 10.2. The molecule has 2 aromatic carbocycles. The van der Waals surface area contributed by atoms with Gasteiger partial charge in [0, 0.05) is 13.1 Å². The van der Waals surface area contributed by atoms with E-state index in [1.807, 2.05) is 37.3 Å². The fourth-order valence-electron chi connectivity index (χ4n) is 2.22. The smallest absolute Gasteiger partial charge is 0.258 e. The second-order valence-corrected chi connectivity index (χ2v) is 8.07. The predicted molar refractivity (Wildman–Crippen MR) is 105 cm³/mol. The molecule has 0 saturated carbocycles. The van der Waals surface area contributed by atoms with Crippen LogP contribution in [-0.2, 0) is 21.4 Å². The molecule has 1 amide bonds. The number of carbonyl (C=O) groups is 1. The van der Waals surface area contributed by atoms with Crippen LogP contribution in [0.2, 0.25) is 5.02 Å². The summed E-state index contributed by atoms with van der Waals surface area (Å²) in [5.74, 6) is -0.0492. The minimum absolute atomic E-state index is 0.0597. The molecule has 0 heterocycles. The third-order valence-electron chi connectivity index (χ3n) is 3.73. The Kier molecular flexibility index (Phi) is 8.09. The Bertz CT molecular complexity index is 857. The van der Waals surface area contributed by atoms with E-state index in [-0.39, 0.29) is 28.2 Å². The summed E-state index contributed by atoms with van der Waals surface area (Å²) in [5.41, 5.74) is 0.981. The molecular weight excluding hydrogens is 388 g/mol. The molecule has 0 unspecified atom stereocenters. The number of carbonyl (C=O) groups excluding carboxylic acids is 1. The molecule has 146 valence electrons. The summed E-state index contributed by atoms with van der Waals surface area (Å²) in [7, 11) is -3.61. The molecule has 6 nitrogen and oxygen atoms in total. The van der Waals surface area contributed by atoms with Crippen molar-refractivity contribution in [2.24, 2.45) is 0 Å². The van der Waals surface area contributed by atoms with Crippen molar-refractivity contribution in [1.29, 1.82) is 0 Å². The Morgan fingerprint density at radius 1 is 1.15 bits per heavy atom. The molecule has 0 radical (unpaired) electrons. The summed E-state index contributed by atoms with van der Waals surface area (Å²) in [6.45, 7) is 2.54. The van der Waals surface area contributed by atoms with Gasteiger partial charge in [0.05, 0.1) is 9.92 Å². The summed E-state index contributed by atoms with van der Waals surface area (Å²) in [5, 5.41) is 2.87. The van der Waals surface area contributed by atoms with Gasteiger partial charge < -0.3 is 10.1 Å². The van der Waals surface area contributed by atoms with Crippen LogP contribution in [0.3, 0.4) is 0 Å². The van der Waals surface area contributed by atoms with E-state index in [0.29, 0.717) is 13.1 Å². The van der Waals surface area contributed by atoms with Crippen molar-refractivity contribution in [3.63, 3.8) is 0 Å². The molecule has 2 rings (SSSR count). The number of rotatable bonds is 10. The van der Waals surface area contributed by atoms with E-state index in [1.54, 1.807) is 0 Å². The Morgan fingerprint density at radius 3 is 2.56 bits per heavy atom. The molecule has 0 aliphatic carbocycles. The minimum atomic E-state index is -3.61. The molecule has 0 aliphatic heterocycles. The fraction of sp³-hybridized carbons (Fsp3) is 0.316. The van der Waals surface area contributed by atoms with Gasteiger partial charge in [-0.25, -0.2) is 13.1 Å². The van der Waals surface area contributed by atoms with Gasteiger partial charge in [-0.05, 0) is 30.2 Å². The Balaban J connectivity index is 1.89. The van der Waals surface area contributed by atoms with E-state index in [2.05, 4.69) is 10.0 Å². The van der Waals surface area contributed by atoms with Crippen molar-refractivity contribution < 1.29 is 17.9 Å². The van der Waals surface area contributed by atoms with E-state index < -0.39 is 10.0 Å². The third-order valence-corrected chi connectivity index (χ3v) is 5.48. The van der Waals surface area contributed by atoms with Crippen molar-refractivity contribution in [3.8, 4) is 5.75 Å². The summed E-state index contributed by atoms with van der Waals surface area (Å²) in [6.07, 6.45) is 1.65. The molecule has 0 atom stereocenters. The van der Waals surface area contributed by atoms with E-state index >= 15 is 0 Å². The molecule has 0 spiro atoms. The van der Waals surface area contributed by atoms with E-state index in [1.165, 1.54) is 18.2 Å². The predicted octanol–water partition coefficient (Wildman–Crippen LogP) is 3.11. The highest BCUT2D eigenvalue weighted by molar-refractivity contribution is 7.89. The molecule has 2 N–H and O–H groups in total. The van der Waals surface area contributed by atoms with Crippen molar-refractivity contribution in [3.05, 3.63) is 59.1 Å². The van der Waals surface area contributed by atoms with Gasteiger partial charge in [-0.15, -0.1) is 0 Å². The number of nitrogens with one attached hydrogen (secondary N) is 2. The van der Waals surface area contributed by atoms with Crippen LogP contribution in [-0.4, -0.2) is 27.5 Å². The monoisotopic (exact) mass is 410 g/mol. The first-order chi connectivity index (χ1) is 12.9. The third kappa shape index (κ3) is 6.86. The molecule has 27 heavy (non-hydrogen) atoms. The Labute approximate surface area is 164 Å².